The van der Waals surface area contributed by atoms with Crippen LogP contribution in [0, 0.1) is 41.0 Å². The average molecular weight is 537 g/mol. The van der Waals surface area contributed by atoms with Crippen LogP contribution in [0.15, 0.2) is 48.5 Å². The molecule has 3 aromatic carbocycles. The van der Waals surface area contributed by atoms with Crippen LogP contribution in [0.4, 0.5) is 17.6 Å². The Balaban J connectivity index is 1.29. The van der Waals surface area contributed by atoms with Crippen molar-refractivity contribution in [1.82, 2.24) is 0 Å². The Morgan fingerprint density at radius 2 is 1.10 bits per heavy atom. The lowest BCUT2D eigenvalue weighted by molar-refractivity contribution is 0.164. The van der Waals surface area contributed by atoms with Crippen molar-refractivity contribution in [2.24, 2.45) is 17.8 Å². The summed E-state index contributed by atoms with van der Waals surface area (Å²) in [6, 6.07) is 13.2. The molecule has 2 saturated carbocycles. The lowest BCUT2D eigenvalue weighted by Crippen LogP contribution is -2.25. The zero-order valence-electron chi connectivity index (χ0n) is 23.2. The van der Waals surface area contributed by atoms with E-state index in [-0.39, 0.29) is 17.0 Å². The molecule has 208 valence electrons. The molecule has 0 aromatic heterocycles. The largest absolute Gasteiger partial charge is 0.203 e. The summed E-state index contributed by atoms with van der Waals surface area (Å²) in [4.78, 5) is 0. The number of halogens is 4. The molecule has 0 bridgehead atoms. The van der Waals surface area contributed by atoms with E-state index in [0.29, 0.717) is 28.7 Å². The van der Waals surface area contributed by atoms with Gasteiger partial charge in [-0.05, 0) is 97.3 Å². The highest BCUT2D eigenvalue weighted by Crippen LogP contribution is 2.45. The molecule has 3 aromatic rings. The van der Waals surface area contributed by atoms with Gasteiger partial charge in [0.1, 0.15) is 0 Å². The monoisotopic (exact) mass is 536 g/mol. The maximum atomic E-state index is 15.3. The Morgan fingerprint density at radius 1 is 0.590 bits per heavy atom. The minimum atomic E-state index is -0.870. The first kappa shape index (κ1) is 27.9. The molecule has 0 unspecified atom stereocenters. The number of unbranched alkanes of at least 4 members (excludes halogenated alkanes) is 1. The van der Waals surface area contributed by atoms with Gasteiger partial charge in [0, 0.05) is 11.1 Å². The Kier molecular flexibility index (Phi) is 8.79. The Hall–Kier alpha value is -2.62. The Bertz CT molecular complexity index is 1260. The predicted octanol–water partition coefficient (Wildman–Crippen LogP) is 11.0. The maximum absolute atomic E-state index is 15.3. The fourth-order valence-electron chi connectivity index (χ4n) is 6.96. The van der Waals surface area contributed by atoms with Crippen LogP contribution in [0.1, 0.15) is 95.1 Å². The van der Waals surface area contributed by atoms with Crippen molar-refractivity contribution in [3.63, 3.8) is 0 Å². The molecule has 4 heteroatoms. The van der Waals surface area contributed by atoms with Gasteiger partial charge in [0.15, 0.2) is 23.3 Å². The number of hydrogen-bond donors (Lipinski definition) is 0. The van der Waals surface area contributed by atoms with Gasteiger partial charge in [0.25, 0.3) is 0 Å². The molecular weight excluding hydrogens is 496 g/mol. The van der Waals surface area contributed by atoms with Gasteiger partial charge >= 0.3 is 0 Å². The van der Waals surface area contributed by atoms with Gasteiger partial charge in [0.2, 0.25) is 0 Å². The van der Waals surface area contributed by atoms with Crippen LogP contribution in [-0.2, 0) is 6.42 Å². The summed E-state index contributed by atoms with van der Waals surface area (Å²) in [5.74, 6) is -0.822. The van der Waals surface area contributed by atoms with Crippen molar-refractivity contribution < 1.29 is 17.6 Å². The molecule has 0 saturated heterocycles. The first-order chi connectivity index (χ1) is 18.9. The highest BCUT2D eigenvalue weighted by Gasteiger charge is 2.32. The third-order valence-electron chi connectivity index (χ3n) is 9.52. The van der Waals surface area contributed by atoms with Crippen molar-refractivity contribution in [1.29, 1.82) is 0 Å². The molecule has 2 aliphatic rings. The standard InChI is InChI=1S/C35H40F4/c1-3-4-5-28-18-19-29(33(37)32(28)36)26-14-16-27(17-15-26)31-21-20-30(34(38)35(31)39)25-12-10-24(11-13-25)23-8-6-22(2)7-9-23/h14-25H,3-13H2,1-2H3. The minimum Gasteiger partial charge on any atom is -0.203 e. The second kappa shape index (κ2) is 12.3. The minimum absolute atomic E-state index is 0.0628. The number of aryl methyl sites for hydroxylation is 1. The van der Waals surface area contributed by atoms with E-state index in [9.17, 15) is 8.78 Å². The Labute approximate surface area is 230 Å². The topological polar surface area (TPSA) is 0 Å². The average Bonchev–Trinajstić information content (AvgIpc) is 2.96. The summed E-state index contributed by atoms with van der Waals surface area (Å²) in [7, 11) is 0. The highest BCUT2D eigenvalue weighted by molar-refractivity contribution is 5.71. The van der Waals surface area contributed by atoms with Gasteiger partial charge in [-0.2, -0.15) is 0 Å². The maximum Gasteiger partial charge on any atom is 0.166 e. The van der Waals surface area contributed by atoms with Gasteiger partial charge in [-0.25, -0.2) is 17.6 Å². The molecule has 0 atom stereocenters. The fourth-order valence-corrected chi connectivity index (χ4v) is 6.96. The second-order valence-electron chi connectivity index (χ2n) is 12.0. The molecule has 0 heterocycles. The lowest BCUT2D eigenvalue weighted by Gasteiger charge is -2.37. The van der Waals surface area contributed by atoms with E-state index in [4.69, 9.17) is 0 Å². The molecule has 0 N–H and O–H groups in total. The fraction of sp³-hybridized carbons (Fsp3) is 0.486. The third kappa shape index (κ3) is 5.95. The van der Waals surface area contributed by atoms with E-state index < -0.39 is 23.3 Å². The van der Waals surface area contributed by atoms with Gasteiger partial charge < -0.3 is 0 Å². The van der Waals surface area contributed by atoms with E-state index >= 15 is 8.78 Å². The first-order valence-corrected chi connectivity index (χ1v) is 14.9. The molecule has 5 rings (SSSR count). The summed E-state index contributed by atoms with van der Waals surface area (Å²) in [6.45, 7) is 4.35. The van der Waals surface area contributed by atoms with E-state index in [2.05, 4.69) is 6.92 Å². The van der Waals surface area contributed by atoms with E-state index in [1.165, 1.54) is 25.7 Å². The van der Waals surface area contributed by atoms with Crippen molar-refractivity contribution in [2.75, 3.05) is 0 Å². The van der Waals surface area contributed by atoms with Gasteiger partial charge in [-0.1, -0.05) is 81.6 Å². The van der Waals surface area contributed by atoms with Gasteiger partial charge in [-0.15, -0.1) is 0 Å². The molecule has 0 amide bonds. The smallest absolute Gasteiger partial charge is 0.166 e. The van der Waals surface area contributed by atoms with Crippen LogP contribution >= 0.6 is 0 Å². The second-order valence-corrected chi connectivity index (χ2v) is 12.0. The van der Waals surface area contributed by atoms with Gasteiger partial charge in [0.05, 0.1) is 0 Å². The lowest BCUT2D eigenvalue weighted by atomic mass is 9.68. The van der Waals surface area contributed by atoms with Crippen LogP contribution in [0.25, 0.3) is 22.3 Å². The van der Waals surface area contributed by atoms with E-state index in [1.807, 2.05) is 6.92 Å². The van der Waals surface area contributed by atoms with E-state index in [0.717, 1.165) is 56.3 Å². The van der Waals surface area contributed by atoms with Crippen molar-refractivity contribution in [2.45, 2.75) is 90.4 Å². The quantitative estimate of drug-likeness (QED) is 0.263. The van der Waals surface area contributed by atoms with E-state index in [1.54, 1.807) is 48.5 Å². The predicted molar refractivity (Wildman–Crippen MR) is 152 cm³/mol. The number of benzene rings is 3. The molecule has 2 aliphatic carbocycles. The van der Waals surface area contributed by atoms with Crippen LogP contribution in [0.5, 0.6) is 0 Å². The normalized spacial score (nSPS) is 23.6. The van der Waals surface area contributed by atoms with Crippen LogP contribution in [-0.4, -0.2) is 0 Å². The van der Waals surface area contributed by atoms with Crippen LogP contribution in [0.3, 0.4) is 0 Å². The molecule has 0 spiro atoms. The molecule has 39 heavy (non-hydrogen) atoms. The first-order valence-electron chi connectivity index (χ1n) is 14.9. The zero-order valence-corrected chi connectivity index (χ0v) is 23.2. The molecule has 0 nitrogen and oxygen atoms in total. The summed E-state index contributed by atoms with van der Waals surface area (Å²) in [5.41, 5.74) is 2.24. The summed E-state index contributed by atoms with van der Waals surface area (Å²) >= 11 is 0. The van der Waals surface area contributed by atoms with Crippen LogP contribution < -0.4 is 0 Å². The zero-order chi connectivity index (χ0) is 27.5. The molecule has 0 radical (unpaired) electrons. The number of hydrogen-bond acceptors (Lipinski definition) is 0. The van der Waals surface area contributed by atoms with Crippen molar-refractivity contribution in [3.05, 3.63) is 82.9 Å². The molecule has 2 fully saturated rings. The molecular formula is C35H40F4. The summed E-state index contributed by atoms with van der Waals surface area (Å²) in [6.07, 6.45) is 11.5. The highest BCUT2D eigenvalue weighted by atomic mass is 19.2. The molecule has 0 aliphatic heterocycles. The summed E-state index contributed by atoms with van der Waals surface area (Å²) in [5, 5.41) is 0. The Morgan fingerprint density at radius 3 is 1.67 bits per heavy atom. The SMILES string of the molecule is CCCCc1ccc(-c2ccc(-c3ccc(C4CCC(C5CCC(C)CC5)CC4)c(F)c3F)cc2)c(F)c1F. The van der Waals surface area contributed by atoms with Crippen molar-refractivity contribution in [3.8, 4) is 22.3 Å². The van der Waals surface area contributed by atoms with Gasteiger partial charge in [-0.3, -0.25) is 0 Å². The number of rotatable bonds is 7. The van der Waals surface area contributed by atoms with Crippen LogP contribution in [0.2, 0.25) is 0 Å². The van der Waals surface area contributed by atoms with Crippen molar-refractivity contribution >= 4 is 0 Å². The summed E-state index contributed by atoms with van der Waals surface area (Å²) < 4.78 is 60.0. The third-order valence-corrected chi connectivity index (χ3v) is 9.52.